The number of phenolic OH excluding ortho intramolecular Hbond substituents is 1. The Bertz CT molecular complexity index is 583. The van der Waals surface area contributed by atoms with Crippen LogP contribution in [0, 0.1) is 0 Å². The van der Waals surface area contributed by atoms with Gasteiger partial charge in [-0.3, -0.25) is 0 Å². The van der Waals surface area contributed by atoms with E-state index in [4.69, 9.17) is 9.47 Å². The van der Waals surface area contributed by atoms with Gasteiger partial charge in [0.1, 0.15) is 0 Å². The number of likely N-dealkylation sites (tertiary alicyclic amines) is 1. The van der Waals surface area contributed by atoms with E-state index in [1.807, 2.05) is 0 Å². The van der Waals surface area contributed by atoms with Crippen molar-refractivity contribution in [1.82, 2.24) is 4.90 Å². The number of aromatic hydroxyl groups is 1. The lowest BCUT2D eigenvalue weighted by Gasteiger charge is -2.16. The number of nitrogens with one attached hydrogen (secondary N) is 1. The van der Waals surface area contributed by atoms with E-state index in [1.54, 1.807) is 23.1 Å². The quantitative estimate of drug-likeness (QED) is 0.336. The van der Waals surface area contributed by atoms with Crippen LogP contribution in [0.15, 0.2) is 18.2 Å². The maximum atomic E-state index is 12.0. The van der Waals surface area contributed by atoms with Crippen molar-refractivity contribution < 1.29 is 41.6 Å². The number of phenols is 1. The minimum atomic E-state index is -0.538. The summed E-state index contributed by atoms with van der Waals surface area (Å²) in [5, 5.41) is 9.82. The molecule has 8 heteroatoms. The third-order valence-electron chi connectivity index (χ3n) is 3.51. The molecule has 7 nitrogen and oxygen atoms in total. The molecule has 126 valence electrons. The van der Waals surface area contributed by atoms with Crippen LogP contribution < -0.4 is 22.1 Å². The second-order valence-electron chi connectivity index (χ2n) is 5.04. The lowest BCUT2D eigenvalue weighted by molar-refractivity contribution is -0.555. The molecule has 0 spiro atoms. The molecule has 0 saturated carbocycles. The molecule has 1 aliphatic rings. The van der Waals surface area contributed by atoms with E-state index in [9.17, 15) is 14.7 Å². The van der Waals surface area contributed by atoms with Gasteiger partial charge in [0, 0.05) is 20.2 Å². The molecule has 1 heterocycles. The van der Waals surface area contributed by atoms with Gasteiger partial charge in [0.25, 0.3) is 6.23 Å². The number of amides is 1. The van der Waals surface area contributed by atoms with Crippen LogP contribution in [0.5, 0.6) is 11.5 Å². The molecule has 2 N–H and O–H groups in total. The van der Waals surface area contributed by atoms with Crippen LogP contribution in [-0.4, -0.2) is 48.6 Å². The predicted molar refractivity (Wildman–Crippen MR) is 76.1 cm³/mol. The molecule has 1 aliphatic heterocycles. The van der Waals surface area contributed by atoms with Crippen LogP contribution in [0.2, 0.25) is 0 Å². The lowest BCUT2D eigenvalue weighted by Crippen LogP contribution is -3.00. The number of carbonyl (C=O) groups is 1. The van der Waals surface area contributed by atoms with Gasteiger partial charge in [-0.15, -0.1) is 4.99 Å². The zero-order valence-electron chi connectivity index (χ0n) is 12.8. The van der Waals surface area contributed by atoms with Gasteiger partial charge in [0.05, 0.1) is 6.42 Å². The topological polar surface area (TPSA) is 90.0 Å². The van der Waals surface area contributed by atoms with E-state index in [1.165, 1.54) is 13.2 Å². The summed E-state index contributed by atoms with van der Waals surface area (Å²) in [7, 11) is 1.46. The largest absolute Gasteiger partial charge is 1.00 e. The molecule has 1 fully saturated rings. The molecule has 0 unspecified atom stereocenters. The molecular formula is C15H19ClN2O5. The predicted octanol–water partition coefficient (Wildman–Crippen LogP) is -3.08. The van der Waals surface area contributed by atoms with Gasteiger partial charge in [-0.2, -0.15) is 4.79 Å². The molecular weight excluding hydrogens is 324 g/mol. The first-order valence-electron chi connectivity index (χ1n) is 7.08. The molecule has 0 bridgehead atoms. The number of methoxy groups -OCH3 is 1. The Morgan fingerprint density at radius 2 is 2.13 bits per heavy atom. The number of nitrogens with zero attached hydrogens (tertiary/aromatic N) is 1. The van der Waals surface area contributed by atoms with Crippen molar-refractivity contribution in [2.75, 3.05) is 20.2 Å². The van der Waals surface area contributed by atoms with Crippen molar-refractivity contribution in [3.63, 3.8) is 0 Å². The minimum Gasteiger partial charge on any atom is -1.00 e. The Hall–Kier alpha value is -2.08. The number of ether oxygens (including phenoxy) is 2. The molecule has 2 rings (SSSR count). The summed E-state index contributed by atoms with van der Waals surface area (Å²) in [4.78, 5) is 26.3. The third kappa shape index (κ3) is 5.25. The normalized spacial score (nSPS) is 14.6. The van der Waals surface area contributed by atoms with E-state index in [0.717, 1.165) is 18.4 Å². The van der Waals surface area contributed by atoms with Gasteiger partial charge in [-0.05, 0) is 30.5 Å². The number of hydrogen-bond acceptors (Lipinski definition) is 5. The molecule has 1 aromatic rings. The Morgan fingerprint density at radius 1 is 1.43 bits per heavy atom. The number of carbonyl (C=O) groups excluding carboxylic acids is 2. The Morgan fingerprint density at radius 3 is 2.74 bits per heavy atom. The fourth-order valence-corrected chi connectivity index (χ4v) is 2.30. The molecule has 1 aromatic carbocycles. The van der Waals surface area contributed by atoms with Crippen LogP contribution in [0.4, 0.5) is 4.79 Å². The first-order chi connectivity index (χ1) is 10.6. The number of halogens is 1. The van der Waals surface area contributed by atoms with Crippen LogP contribution in [-0.2, 0) is 16.0 Å². The monoisotopic (exact) mass is 342 g/mol. The molecule has 0 aliphatic carbocycles. The van der Waals surface area contributed by atoms with Crippen molar-refractivity contribution in [3.8, 4) is 11.5 Å². The fourth-order valence-electron chi connectivity index (χ4n) is 2.30. The maximum absolute atomic E-state index is 12.0. The summed E-state index contributed by atoms with van der Waals surface area (Å²) >= 11 is 0. The van der Waals surface area contributed by atoms with E-state index < -0.39 is 12.3 Å². The maximum Gasteiger partial charge on any atom is 0.424 e. The van der Waals surface area contributed by atoms with Gasteiger partial charge in [-0.1, -0.05) is 6.07 Å². The highest BCUT2D eigenvalue weighted by Crippen LogP contribution is 2.28. The summed E-state index contributed by atoms with van der Waals surface area (Å²) in [6.45, 7) is 1.34. The molecule has 1 amide bonds. The van der Waals surface area contributed by atoms with Gasteiger partial charge in [0.2, 0.25) is 0 Å². The fraction of sp³-hybridized carbons (Fsp3) is 0.467. The average molecular weight is 343 g/mol. The smallest absolute Gasteiger partial charge is 0.424 e. The number of isocyanates is 1. The van der Waals surface area contributed by atoms with Crippen molar-refractivity contribution in [2.45, 2.75) is 25.5 Å². The van der Waals surface area contributed by atoms with E-state index in [0.29, 0.717) is 19.5 Å². The first kappa shape index (κ1) is 19.0. The Balaban J connectivity index is 0.00000264. The summed E-state index contributed by atoms with van der Waals surface area (Å²) in [5.74, 6) is -0.0143. The minimum absolute atomic E-state index is 0. The lowest BCUT2D eigenvalue weighted by atomic mass is 10.1. The summed E-state index contributed by atoms with van der Waals surface area (Å²) in [5.41, 5.74) is 0.747. The van der Waals surface area contributed by atoms with E-state index in [2.05, 4.69) is 4.99 Å². The first-order valence-corrected chi connectivity index (χ1v) is 7.08. The molecule has 1 atom stereocenters. The van der Waals surface area contributed by atoms with Crippen molar-refractivity contribution in [2.24, 2.45) is 0 Å². The number of rotatable bonds is 5. The van der Waals surface area contributed by atoms with Crippen LogP contribution >= 0.6 is 0 Å². The highest BCUT2D eigenvalue weighted by atomic mass is 35.5. The number of hydrogen-bond donors (Lipinski definition) is 2. The van der Waals surface area contributed by atoms with Crippen LogP contribution in [0.25, 0.3) is 0 Å². The Kier molecular flexibility index (Phi) is 7.54. The van der Waals surface area contributed by atoms with Crippen LogP contribution in [0.1, 0.15) is 18.4 Å². The molecule has 23 heavy (non-hydrogen) atoms. The van der Waals surface area contributed by atoms with Crippen molar-refractivity contribution >= 4 is 12.2 Å². The average Bonchev–Trinajstić information content (AvgIpc) is 3.04. The zero-order chi connectivity index (χ0) is 15.9. The van der Waals surface area contributed by atoms with Crippen molar-refractivity contribution in [1.29, 1.82) is 0 Å². The zero-order valence-corrected chi connectivity index (χ0v) is 13.5. The van der Waals surface area contributed by atoms with Gasteiger partial charge in [0.15, 0.2) is 11.5 Å². The highest BCUT2D eigenvalue weighted by Gasteiger charge is 2.21. The summed E-state index contributed by atoms with van der Waals surface area (Å²) < 4.78 is 10.3. The van der Waals surface area contributed by atoms with Crippen LogP contribution in [0.3, 0.4) is 0 Å². The van der Waals surface area contributed by atoms with Crippen molar-refractivity contribution in [3.05, 3.63) is 23.8 Å². The SMILES string of the molecule is CO[C@@H](Cc1ccc(O)c(OC(=O)N2CCCC2)c1)[NH+]=C=O.[Cl-]. The molecule has 0 aromatic heterocycles. The van der Waals surface area contributed by atoms with E-state index >= 15 is 0 Å². The second-order valence-corrected chi connectivity index (χ2v) is 5.04. The van der Waals surface area contributed by atoms with Gasteiger partial charge in [-0.25, -0.2) is 4.79 Å². The number of benzene rings is 1. The van der Waals surface area contributed by atoms with E-state index in [-0.39, 0.29) is 23.9 Å². The second kappa shape index (κ2) is 9.15. The highest BCUT2D eigenvalue weighted by molar-refractivity contribution is 5.72. The molecule has 1 saturated heterocycles. The Labute approximate surface area is 140 Å². The summed E-state index contributed by atoms with van der Waals surface area (Å²) in [6.07, 6.45) is 2.85. The summed E-state index contributed by atoms with van der Waals surface area (Å²) in [6, 6.07) is 4.67. The van der Waals surface area contributed by atoms with Gasteiger partial charge >= 0.3 is 12.2 Å². The standard InChI is InChI=1S/C15H18N2O5.ClH/c1-21-14(16-10-18)9-11-4-5-12(19)13(8-11)22-15(20)17-6-2-3-7-17;/h4-5,8,14,19H,2-3,6-7,9H2,1H3;1H/t14-;/m0./s1. The third-order valence-corrected chi connectivity index (χ3v) is 3.51. The molecule has 0 radical (unpaired) electrons. The van der Waals surface area contributed by atoms with Gasteiger partial charge < -0.3 is 31.9 Å².